The summed E-state index contributed by atoms with van der Waals surface area (Å²) in [5.74, 6) is 0.251. The lowest BCUT2D eigenvalue weighted by atomic mass is 10.1. The van der Waals surface area contributed by atoms with Gasteiger partial charge in [-0.25, -0.2) is 0 Å². The maximum atomic E-state index is 12.0. The molecule has 0 aromatic rings. The zero-order chi connectivity index (χ0) is 14.5. The van der Waals surface area contributed by atoms with E-state index in [0.29, 0.717) is 19.0 Å². The summed E-state index contributed by atoms with van der Waals surface area (Å²) in [4.78, 5) is 18.9. The van der Waals surface area contributed by atoms with Crippen LogP contribution in [0.15, 0.2) is 0 Å². The van der Waals surface area contributed by atoms with Crippen LogP contribution in [0, 0.1) is 0 Å². The van der Waals surface area contributed by atoms with Crippen LogP contribution in [0.1, 0.15) is 32.1 Å². The Bertz CT molecular complexity index is 323. The first kappa shape index (κ1) is 15.7. The molecular formula is C15H30N4O. The largest absolute Gasteiger partial charge is 0.346 e. The van der Waals surface area contributed by atoms with Crippen LogP contribution < -0.4 is 5.73 Å². The van der Waals surface area contributed by atoms with E-state index in [4.69, 9.17) is 5.73 Å². The highest BCUT2D eigenvalue weighted by atomic mass is 16.2. The number of carbonyl (C=O) groups is 1. The fraction of sp³-hybridized carbons (Fsp3) is 0.933. The van der Waals surface area contributed by atoms with E-state index in [0.717, 1.165) is 38.6 Å². The molecule has 2 bridgehead atoms. The molecule has 0 aromatic carbocycles. The predicted octanol–water partition coefficient (Wildman–Crippen LogP) is 0.352. The lowest BCUT2D eigenvalue weighted by Gasteiger charge is -2.26. The van der Waals surface area contributed by atoms with Crippen LogP contribution in [0.25, 0.3) is 0 Å². The third-order valence-electron chi connectivity index (χ3n) is 5.00. The number of hydrogen-bond acceptors (Lipinski definition) is 4. The molecule has 0 aliphatic carbocycles. The zero-order valence-corrected chi connectivity index (χ0v) is 13.1. The van der Waals surface area contributed by atoms with Crippen LogP contribution in [0.5, 0.6) is 0 Å². The number of likely N-dealkylation sites (N-methyl/N-ethyl adjacent to an activating group) is 1. The molecule has 2 fully saturated rings. The second-order valence-corrected chi connectivity index (χ2v) is 6.35. The van der Waals surface area contributed by atoms with Crippen LogP contribution in [0.2, 0.25) is 0 Å². The van der Waals surface area contributed by atoms with Crippen molar-refractivity contribution in [1.82, 2.24) is 14.7 Å². The van der Waals surface area contributed by atoms with Gasteiger partial charge in [0, 0.05) is 45.2 Å². The van der Waals surface area contributed by atoms with Crippen LogP contribution >= 0.6 is 0 Å². The smallest absolute Gasteiger partial charge is 0.223 e. The van der Waals surface area contributed by atoms with Crippen LogP contribution in [-0.2, 0) is 4.79 Å². The van der Waals surface area contributed by atoms with Crippen LogP contribution in [0.4, 0.5) is 0 Å². The van der Waals surface area contributed by atoms with Gasteiger partial charge in [-0.05, 0) is 45.8 Å². The summed E-state index contributed by atoms with van der Waals surface area (Å²) in [5.41, 5.74) is 5.48. The van der Waals surface area contributed by atoms with Gasteiger partial charge >= 0.3 is 0 Å². The minimum atomic E-state index is 0.251. The van der Waals surface area contributed by atoms with Crippen molar-refractivity contribution in [2.75, 3.05) is 46.8 Å². The molecule has 116 valence electrons. The number of amides is 1. The molecular weight excluding hydrogens is 252 g/mol. The topological polar surface area (TPSA) is 52.8 Å². The summed E-state index contributed by atoms with van der Waals surface area (Å²) in [6, 6.07) is 1.47. The van der Waals surface area contributed by atoms with Gasteiger partial charge in [-0.2, -0.15) is 0 Å². The molecule has 5 nitrogen and oxygen atoms in total. The van der Waals surface area contributed by atoms with Gasteiger partial charge in [-0.15, -0.1) is 0 Å². The fourth-order valence-electron chi connectivity index (χ4n) is 3.48. The van der Waals surface area contributed by atoms with E-state index in [9.17, 15) is 4.79 Å². The zero-order valence-electron chi connectivity index (χ0n) is 13.1. The number of nitrogens with two attached hydrogens (primary N) is 1. The second-order valence-electron chi connectivity index (χ2n) is 6.35. The van der Waals surface area contributed by atoms with E-state index in [1.54, 1.807) is 0 Å². The normalized spacial score (nSPS) is 27.6. The summed E-state index contributed by atoms with van der Waals surface area (Å²) < 4.78 is 0. The monoisotopic (exact) mass is 282 g/mol. The van der Waals surface area contributed by atoms with Crippen molar-refractivity contribution in [3.63, 3.8) is 0 Å². The standard InChI is InChI=1S/C15H30N4O/c1-17(9-3-8-16)15(20)7-11-19-10-6-13-4-5-14(12-19)18(13)2/h13-14H,3-12,16H2,1-2H3. The molecule has 5 heteroatoms. The van der Waals surface area contributed by atoms with Gasteiger partial charge in [0.15, 0.2) is 0 Å². The Balaban J connectivity index is 1.72. The van der Waals surface area contributed by atoms with Crippen molar-refractivity contribution in [1.29, 1.82) is 0 Å². The maximum absolute atomic E-state index is 12.0. The number of nitrogens with zero attached hydrogens (tertiary/aromatic N) is 3. The van der Waals surface area contributed by atoms with E-state index in [1.807, 2.05) is 11.9 Å². The minimum Gasteiger partial charge on any atom is -0.346 e. The Labute approximate surface area is 123 Å². The molecule has 2 aliphatic rings. The van der Waals surface area contributed by atoms with Crippen molar-refractivity contribution in [3.05, 3.63) is 0 Å². The Kier molecular flexibility index (Phi) is 5.81. The van der Waals surface area contributed by atoms with Gasteiger partial charge in [0.2, 0.25) is 5.91 Å². The van der Waals surface area contributed by atoms with Gasteiger partial charge in [0.05, 0.1) is 0 Å². The average molecular weight is 282 g/mol. The molecule has 2 unspecified atom stereocenters. The number of rotatable bonds is 6. The van der Waals surface area contributed by atoms with E-state index >= 15 is 0 Å². The van der Waals surface area contributed by atoms with Gasteiger partial charge in [-0.3, -0.25) is 9.69 Å². The summed E-state index contributed by atoms with van der Waals surface area (Å²) in [6.07, 6.45) is 5.46. The molecule has 1 amide bonds. The molecule has 2 aliphatic heterocycles. The lowest BCUT2D eigenvalue weighted by Crippen LogP contribution is -2.38. The molecule has 20 heavy (non-hydrogen) atoms. The van der Waals surface area contributed by atoms with Crippen molar-refractivity contribution >= 4 is 5.91 Å². The lowest BCUT2D eigenvalue weighted by molar-refractivity contribution is -0.130. The van der Waals surface area contributed by atoms with Crippen molar-refractivity contribution in [2.45, 2.75) is 44.2 Å². The van der Waals surface area contributed by atoms with Crippen molar-refractivity contribution in [3.8, 4) is 0 Å². The fourth-order valence-corrected chi connectivity index (χ4v) is 3.48. The SMILES string of the molecule is CN(CCCN)C(=O)CCN1CCC2CCC(C1)N2C. The molecule has 2 atom stereocenters. The highest BCUT2D eigenvalue weighted by molar-refractivity contribution is 5.76. The summed E-state index contributed by atoms with van der Waals surface area (Å²) in [6.45, 7) is 4.61. The molecule has 2 N–H and O–H groups in total. The third kappa shape index (κ3) is 3.93. The minimum absolute atomic E-state index is 0.251. The Morgan fingerprint density at radius 3 is 2.80 bits per heavy atom. The van der Waals surface area contributed by atoms with E-state index < -0.39 is 0 Å². The number of carbonyl (C=O) groups excluding carboxylic acids is 1. The first-order valence-corrected chi connectivity index (χ1v) is 8.00. The maximum Gasteiger partial charge on any atom is 0.223 e. The summed E-state index contributed by atoms with van der Waals surface area (Å²) in [5, 5.41) is 0. The molecule has 2 saturated heterocycles. The summed E-state index contributed by atoms with van der Waals surface area (Å²) in [7, 11) is 4.15. The quantitative estimate of drug-likeness (QED) is 0.764. The Morgan fingerprint density at radius 1 is 1.30 bits per heavy atom. The van der Waals surface area contributed by atoms with Gasteiger partial charge in [0.1, 0.15) is 0 Å². The van der Waals surface area contributed by atoms with Crippen LogP contribution in [0.3, 0.4) is 0 Å². The van der Waals surface area contributed by atoms with Crippen molar-refractivity contribution in [2.24, 2.45) is 5.73 Å². The first-order valence-electron chi connectivity index (χ1n) is 8.00. The molecule has 0 spiro atoms. The highest BCUT2D eigenvalue weighted by Gasteiger charge is 2.34. The first-order chi connectivity index (χ1) is 9.61. The predicted molar refractivity (Wildman–Crippen MR) is 81.6 cm³/mol. The van der Waals surface area contributed by atoms with E-state index in [1.165, 1.54) is 19.3 Å². The van der Waals surface area contributed by atoms with Gasteiger partial charge in [0.25, 0.3) is 0 Å². The average Bonchev–Trinajstić information content (AvgIpc) is 2.68. The van der Waals surface area contributed by atoms with E-state index in [-0.39, 0.29) is 5.91 Å². The highest BCUT2D eigenvalue weighted by Crippen LogP contribution is 2.28. The summed E-state index contributed by atoms with van der Waals surface area (Å²) >= 11 is 0. The second kappa shape index (κ2) is 7.38. The molecule has 0 saturated carbocycles. The molecule has 2 heterocycles. The number of hydrogen-bond donors (Lipinski definition) is 1. The Hall–Kier alpha value is -0.650. The van der Waals surface area contributed by atoms with Gasteiger partial charge in [-0.1, -0.05) is 0 Å². The molecule has 0 radical (unpaired) electrons. The number of likely N-dealkylation sites (tertiary alicyclic amines) is 1. The number of fused-ring (bicyclic) bond motifs is 2. The Morgan fingerprint density at radius 2 is 2.05 bits per heavy atom. The van der Waals surface area contributed by atoms with Gasteiger partial charge < -0.3 is 15.5 Å². The van der Waals surface area contributed by atoms with Crippen LogP contribution in [-0.4, -0.2) is 79.5 Å². The molecule has 2 rings (SSSR count). The van der Waals surface area contributed by atoms with E-state index in [2.05, 4.69) is 16.8 Å². The third-order valence-corrected chi connectivity index (χ3v) is 5.00. The molecule has 0 aromatic heterocycles. The van der Waals surface area contributed by atoms with Crippen molar-refractivity contribution < 1.29 is 4.79 Å².